The van der Waals surface area contributed by atoms with E-state index in [1.165, 1.54) is 0 Å². The van der Waals surface area contributed by atoms with Crippen molar-refractivity contribution < 1.29 is 9.59 Å². The number of rotatable bonds is 3. The molecule has 2 amide bonds. The number of carbonyl (C=O) groups excluding carboxylic acids is 2. The Hall–Kier alpha value is -2.14. The Morgan fingerprint density at radius 3 is 1.84 bits per heavy atom. The third-order valence-corrected chi connectivity index (χ3v) is 3.43. The van der Waals surface area contributed by atoms with Gasteiger partial charge in [0.25, 0.3) is 0 Å². The quantitative estimate of drug-likeness (QED) is 0.909. The normalized spacial score (nSPS) is 10.2. The van der Waals surface area contributed by atoms with Crippen LogP contribution in [-0.2, 0) is 0 Å². The van der Waals surface area contributed by atoms with Crippen molar-refractivity contribution in [2.45, 2.75) is 0 Å². The zero-order chi connectivity index (χ0) is 14.0. The Bertz CT molecular complexity index is 636. The predicted octanol–water partition coefficient (Wildman–Crippen LogP) is 2.31. The zero-order valence-corrected chi connectivity index (χ0v) is 11.5. The summed E-state index contributed by atoms with van der Waals surface area (Å²) in [5, 5.41) is 0. The number of benzene rings is 2. The molecule has 4 N–H and O–H groups in total. The molecule has 0 saturated heterocycles. The first-order valence-electron chi connectivity index (χ1n) is 5.50. The van der Waals surface area contributed by atoms with Gasteiger partial charge >= 0.3 is 0 Å². The van der Waals surface area contributed by atoms with Crippen molar-refractivity contribution in [2.24, 2.45) is 11.5 Å². The van der Waals surface area contributed by atoms with Gasteiger partial charge in [0, 0.05) is 21.2 Å². The van der Waals surface area contributed by atoms with Gasteiger partial charge in [0.2, 0.25) is 11.8 Å². The van der Waals surface area contributed by atoms with E-state index in [4.69, 9.17) is 11.5 Å². The van der Waals surface area contributed by atoms with Gasteiger partial charge in [-0.1, -0.05) is 40.2 Å². The lowest BCUT2D eigenvalue weighted by Crippen LogP contribution is -2.18. The van der Waals surface area contributed by atoms with Crippen molar-refractivity contribution in [2.75, 3.05) is 0 Å². The lowest BCUT2D eigenvalue weighted by molar-refractivity contribution is 0.0999. The van der Waals surface area contributed by atoms with Crippen molar-refractivity contribution in [3.8, 4) is 11.1 Å². The Morgan fingerprint density at radius 2 is 1.37 bits per heavy atom. The Labute approximate surface area is 118 Å². The molecule has 5 heteroatoms. The SMILES string of the molecule is NC(=O)c1cccc(C(N)=O)c1-c1ccccc1Br. The van der Waals surface area contributed by atoms with E-state index in [9.17, 15) is 9.59 Å². The van der Waals surface area contributed by atoms with Crippen LogP contribution < -0.4 is 11.5 Å². The second-order valence-corrected chi connectivity index (χ2v) is 4.79. The molecular weight excluding hydrogens is 308 g/mol. The molecule has 2 aromatic carbocycles. The van der Waals surface area contributed by atoms with Gasteiger partial charge in [-0.15, -0.1) is 0 Å². The molecule has 2 rings (SSSR count). The van der Waals surface area contributed by atoms with Crippen LogP contribution in [0.3, 0.4) is 0 Å². The number of halogens is 1. The molecule has 96 valence electrons. The molecule has 0 radical (unpaired) electrons. The van der Waals surface area contributed by atoms with Crippen LogP contribution in [0.15, 0.2) is 46.9 Å². The fraction of sp³-hybridized carbons (Fsp3) is 0. The van der Waals surface area contributed by atoms with Gasteiger partial charge in [-0.2, -0.15) is 0 Å². The van der Waals surface area contributed by atoms with Gasteiger partial charge in [-0.3, -0.25) is 9.59 Å². The number of carbonyl (C=O) groups is 2. The second kappa shape index (κ2) is 5.24. The Morgan fingerprint density at radius 1 is 0.842 bits per heavy atom. The summed E-state index contributed by atoms with van der Waals surface area (Å²) in [7, 11) is 0. The lowest BCUT2D eigenvalue weighted by atomic mass is 9.93. The van der Waals surface area contributed by atoms with Gasteiger partial charge in [0.15, 0.2) is 0 Å². The summed E-state index contributed by atoms with van der Waals surface area (Å²) in [4.78, 5) is 23.1. The van der Waals surface area contributed by atoms with E-state index in [1.54, 1.807) is 24.3 Å². The van der Waals surface area contributed by atoms with Gasteiger partial charge < -0.3 is 11.5 Å². The highest BCUT2D eigenvalue weighted by Gasteiger charge is 2.18. The first-order chi connectivity index (χ1) is 9.02. The van der Waals surface area contributed by atoms with Gasteiger partial charge in [-0.25, -0.2) is 0 Å². The standard InChI is InChI=1S/C14H11BrN2O2/c15-11-7-2-1-4-8(11)12-9(13(16)18)5-3-6-10(12)14(17)19/h1-7H,(H2,16,18)(H2,17,19). The van der Waals surface area contributed by atoms with E-state index >= 15 is 0 Å². The third kappa shape index (κ3) is 2.51. The van der Waals surface area contributed by atoms with E-state index in [-0.39, 0.29) is 11.1 Å². The lowest BCUT2D eigenvalue weighted by Gasteiger charge is -2.12. The van der Waals surface area contributed by atoms with E-state index in [0.717, 1.165) is 4.47 Å². The maximum atomic E-state index is 11.5. The van der Waals surface area contributed by atoms with E-state index < -0.39 is 11.8 Å². The monoisotopic (exact) mass is 318 g/mol. The van der Waals surface area contributed by atoms with Crippen LogP contribution in [-0.4, -0.2) is 11.8 Å². The van der Waals surface area contributed by atoms with E-state index in [2.05, 4.69) is 15.9 Å². The van der Waals surface area contributed by atoms with Gasteiger partial charge in [0.05, 0.1) is 0 Å². The molecule has 0 unspecified atom stereocenters. The molecule has 0 fully saturated rings. The Balaban J connectivity index is 2.83. The number of amides is 2. The summed E-state index contributed by atoms with van der Waals surface area (Å²) < 4.78 is 0.756. The molecule has 0 saturated carbocycles. The summed E-state index contributed by atoms with van der Waals surface area (Å²) in [5.41, 5.74) is 12.4. The van der Waals surface area contributed by atoms with Crippen LogP contribution in [0.1, 0.15) is 20.7 Å². The van der Waals surface area contributed by atoms with Crippen molar-refractivity contribution in [1.29, 1.82) is 0 Å². The van der Waals surface area contributed by atoms with Crippen molar-refractivity contribution in [1.82, 2.24) is 0 Å². The van der Waals surface area contributed by atoms with Crippen LogP contribution >= 0.6 is 15.9 Å². The molecule has 4 nitrogen and oxygen atoms in total. The topological polar surface area (TPSA) is 86.2 Å². The molecule has 0 heterocycles. The van der Waals surface area contributed by atoms with Gasteiger partial charge in [0.1, 0.15) is 0 Å². The highest BCUT2D eigenvalue weighted by molar-refractivity contribution is 9.10. The van der Waals surface area contributed by atoms with Crippen LogP contribution in [0, 0.1) is 0 Å². The Kier molecular flexibility index (Phi) is 3.66. The van der Waals surface area contributed by atoms with Crippen molar-refractivity contribution in [3.05, 3.63) is 58.1 Å². The molecule has 0 aromatic heterocycles. The molecule has 0 aliphatic carbocycles. The van der Waals surface area contributed by atoms with Crippen molar-refractivity contribution in [3.63, 3.8) is 0 Å². The van der Waals surface area contributed by atoms with Crippen LogP contribution in [0.4, 0.5) is 0 Å². The minimum Gasteiger partial charge on any atom is -0.366 e. The van der Waals surface area contributed by atoms with Crippen LogP contribution in [0.5, 0.6) is 0 Å². The zero-order valence-electron chi connectivity index (χ0n) is 9.89. The van der Waals surface area contributed by atoms with Gasteiger partial charge in [-0.05, 0) is 23.8 Å². The molecule has 2 aromatic rings. The summed E-state index contributed by atoms with van der Waals surface area (Å²) in [5.74, 6) is -1.21. The summed E-state index contributed by atoms with van der Waals surface area (Å²) in [6, 6.07) is 12.0. The number of nitrogens with two attached hydrogens (primary N) is 2. The first kappa shape index (κ1) is 13.3. The third-order valence-electron chi connectivity index (χ3n) is 2.74. The maximum absolute atomic E-state index is 11.5. The molecule has 0 bridgehead atoms. The predicted molar refractivity (Wildman–Crippen MR) is 76.6 cm³/mol. The summed E-state index contributed by atoms with van der Waals surface area (Å²) in [6.07, 6.45) is 0. The average Bonchev–Trinajstić information content (AvgIpc) is 2.38. The first-order valence-corrected chi connectivity index (χ1v) is 6.29. The largest absolute Gasteiger partial charge is 0.366 e. The number of hydrogen-bond acceptors (Lipinski definition) is 2. The van der Waals surface area contributed by atoms with E-state index in [1.807, 2.05) is 18.2 Å². The highest BCUT2D eigenvalue weighted by Crippen LogP contribution is 2.33. The fourth-order valence-electron chi connectivity index (χ4n) is 1.92. The molecule has 0 spiro atoms. The average molecular weight is 319 g/mol. The summed E-state index contributed by atoms with van der Waals surface area (Å²) >= 11 is 3.40. The molecular formula is C14H11BrN2O2. The minimum absolute atomic E-state index is 0.267. The highest BCUT2D eigenvalue weighted by atomic mass is 79.9. The fourth-order valence-corrected chi connectivity index (χ4v) is 2.40. The van der Waals surface area contributed by atoms with E-state index in [0.29, 0.717) is 11.1 Å². The maximum Gasteiger partial charge on any atom is 0.249 e. The minimum atomic E-state index is -0.603. The summed E-state index contributed by atoms with van der Waals surface area (Å²) in [6.45, 7) is 0. The number of hydrogen-bond donors (Lipinski definition) is 2. The number of primary amides is 2. The second-order valence-electron chi connectivity index (χ2n) is 3.94. The molecule has 0 aliphatic rings. The van der Waals surface area contributed by atoms with Crippen molar-refractivity contribution >= 4 is 27.7 Å². The molecule has 0 atom stereocenters. The van der Waals surface area contributed by atoms with Crippen LogP contribution in [0.25, 0.3) is 11.1 Å². The molecule has 0 aliphatic heterocycles. The smallest absolute Gasteiger partial charge is 0.249 e. The van der Waals surface area contributed by atoms with Crippen LogP contribution in [0.2, 0.25) is 0 Å². The molecule has 19 heavy (non-hydrogen) atoms.